The first-order chi connectivity index (χ1) is 8.29. The predicted octanol–water partition coefficient (Wildman–Crippen LogP) is 0.914. The number of imide groups is 1. The Hall–Kier alpha value is -0.900. The Morgan fingerprint density at radius 1 is 0.941 bits per heavy atom. The van der Waals surface area contributed by atoms with E-state index in [1.165, 1.54) is 0 Å². The molecule has 0 radical (unpaired) electrons. The number of carbonyl (C=O) groups excluding carboxylic acids is 2. The zero-order valence-corrected chi connectivity index (χ0v) is 10.2. The van der Waals surface area contributed by atoms with Crippen LogP contribution in [0.3, 0.4) is 0 Å². The number of hydrogen-bond donors (Lipinski definition) is 1. The lowest BCUT2D eigenvalue weighted by atomic mass is 9.81. The van der Waals surface area contributed by atoms with Crippen molar-refractivity contribution in [1.82, 2.24) is 10.2 Å². The second-order valence-corrected chi connectivity index (χ2v) is 5.54. The van der Waals surface area contributed by atoms with Crippen LogP contribution in [0.15, 0.2) is 0 Å². The van der Waals surface area contributed by atoms with Crippen LogP contribution in [0.2, 0.25) is 0 Å². The molecule has 2 heterocycles. The van der Waals surface area contributed by atoms with Gasteiger partial charge in [-0.25, -0.2) is 0 Å². The van der Waals surface area contributed by atoms with E-state index in [-0.39, 0.29) is 29.7 Å². The number of carbonyl (C=O) groups is 2. The van der Waals surface area contributed by atoms with E-state index in [0.717, 1.165) is 51.6 Å². The van der Waals surface area contributed by atoms with Gasteiger partial charge in [-0.2, -0.15) is 0 Å². The number of fused-ring (bicyclic) bond motifs is 1. The molecule has 1 aliphatic carbocycles. The van der Waals surface area contributed by atoms with Crippen LogP contribution in [0.5, 0.6) is 0 Å². The van der Waals surface area contributed by atoms with Crippen molar-refractivity contribution in [2.75, 3.05) is 13.1 Å². The summed E-state index contributed by atoms with van der Waals surface area (Å²) in [7, 11) is 0. The molecule has 17 heavy (non-hydrogen) atoms. The van der Waals surface area contributed by atoms with E-state index in [1.54, 1.807) is 4.90 Å². The summed E-state index contributed by atoms with van der Waals surface area (Å²) < 4.78 is 0. The first kappa shape index (κ1) is 11.2. The topological polar surface area (TPSA) is 49.4 Å². The van der Waals surface area contributed by atoms with E-state index in [9.17, 15) is 9.59 Å². The molecule has 94 valence electrons. The van der Waals surface area contributed by atoms with Gasteiger partial charge in [0, 0.05) is 6.54 Å². The summed E-state index contributed by atoms with van der Waals surface area (Å²) in [6.45, 7) is 1.80. The van der Waals surface area contributed by atoms with Crippen molar-refractivity contribution < 1.29 is 9.59 Å². The molecule has 3 rings (SSSR count). The fraction of sp³-hybridized carbons (Fsp3) is 0.846. The average molecular weight is 236 g/mol. The number of piperidine rings is 1. The zero-order valence-electron chi connectivity index (χ0n) is 10.2. The maximum absolute atomic E-state index is 12.3. The van der Waals surface area contributed by atoms with Crippen molar-refractivity contribution >= 4 is 11.8 Å². The van der Waals surface area contributed by atoms with Crippen LogP contribution in [0.4, 0.5) is 0 Å². The monoisotopic (exact) mass is 236 g/mol. The molecule has 0 aromatic rings. The van der Waals surface area contributed by atoms with Gasteiger partial charge in [-0.05, 0) is 32.2 Å². The van der Waals surface area contributed by atoms with Gasteiger partial charge in [0.15, 0.2) is 0 Å². The van der Waals surface area contributed by atoms with Gasteiger partial charge < -0.3 is 5.32 Å². The van der Waals surface area contributed by atoms with Gasteiger partial charge in [-0.1, -0.05) is 12.8 Å². The highest BCUT2D eigenvalue weighted by molar-refractivity contribution is 6.05. The maximum Gasteiger partial charge on any atom is 0.233 e. The van der Waals surface area contributed by atoms with Gasteiger partial charge in [0.2, 0.25) is 11.8 Å². The van der Waals surface area contributed by atoms with Gasteiger partial charge in [-0.3, -0.25) is 14.5 Å². The van der Waals surface area contributed by atoms with Crippen LogP contribution >= 0.6 is 0 Å². The summed E-state index contributed by atoms with van der Waals surface area (Å²) in [6.07, 6.45) is 6.10. The van der Waals surface area contributed by atoms with E-state index in [2.05, 4.69) is 5.32 Å². The summed E-state index contributed by atoms with van der Waals surface area (Å²) in [6, 6.07) is 0.120. The second kappa shape index (κ2) is 4.41. The highest BCUT2D eigenvalue weighted by atomic mass is 16.2. The fourth-order valence-electron chi connectivity index (χ4n) is 3.60. The summed E-state index contributed by atoms with van der Waals surface area (Å²) in [4.78, 5) is 26.3. The molecule has 0 aromatic heterocycles. The smallest absolute Gasteiger partial charge is 0.233 e. The van der Waals surface area contributed by atoms with Crippen molar-refractivity contribution in [2.45, 2.75) is 44.6 Å². The zero-order chi connectivity index (χ0) is 11.8. The molecular weight excluding hydrogens is 216 g/mol. The van der Waals surface area contributed by atoms with Gasteiger partial charge >= 0.3 is 0 Å². The van der Waals surface area contributed by atoms with E-state index in [1.807, 2.05) is 0 Å². The van der Waals surface area contributed by atoms with Crippen LogP contribution < -0.4 is 5.32 Å². The molecule has 1 saturated carbocycles. The number of nitrogens with one attached hydrogen (secondary N) is 1. The Labute approximate surface area is 102 Å². The first-order valence-electron chi connectivity index (χ1n) is 6.86. The molecule has 0 bridgehead atoms. The molecule has 3 fully saturated rings. The molecule has 3 unspecified atom stereocenters. The lowest BCUT2D eigenvalue weighted by Crippen LogP contribution is -2.49. The van der Waals surface area contributed by atoms with Crippen LogP contribution in [0.1, 0.15) is 38.5 Å². The van der Waals surface area contributed by atoms with E-state index >= 15 is 0 Å². The van der Waals surface area contributed by atoms with Crippen LogP contribution in [-0.2, 0) is 9.59 Å². The van der Waals surface area contributed by atoms with Crippen molar-refractivity contribution in [3.63, 3.8) is 0 Å². The predicted molar refractivity (Wildman–Crippen MR) is 63.2 cm³/mol. The summed E-state index contributed by atoms with van der Waals surface area (Å²) >= 11 is 0. The Balaban J connectivity index is 1.80. The minimum Gasteiger partial charge on any atom is -0.315 e. The summed E-state index contributed by atoms with van der Waals surface area (Å²) in [5.74, 6) is 0.262. The second-order valence-electron chi connectivity index (χ2n) is 5.54. The third kappa shape index (κ3) is 1.79. The summed E-state index contributed by atoms with van der Waals surface area (Å²) in [5.41, 5.74) is 0. The van der Waals surface area contributed by atoms with E-state index < -0.39 is 0 Å². The number of rotatable bonds is 1. The van der Waals surface area contributed by atoms with Gasteiger partial charge in [0.05, 0.1) is 17.9 Å². The molecule has 0 aromatic carbocycles. The Bertz CT molecular complexity index is 312. The molecule has 3 aliphatic rings. The summed E-state index contributed by atoms with van der Waals surface area (Å²) in [5, 5.41) is 3.29. The van der Waals surface area contributed by atoms with Crippen LogP contribution in [0, 0.1) is 11.8 Å². The van der Waals surface area contributed by atoms with E-state index in [0.29, 0.717) is 0 Å². The molecule has 2 aliphatic heterocycles. The largest absolute Gasteiger partial charge is 0.315 e. The molecule has 4 heteroatoms. The van der Waals surface area contributed by atoms with Gasteiger partial charge in [0.25, 0.3) is 0 Å². The number of likely N-dealkylation sites (tertiary alicyclic amines) is 1. The minimum absolute atomic E-state index is 0.0122. The molecule has 0 spiro atoms. The van der Waals surface area contributed by atoms with Crippen LogP contribution in [-0.4, -0.2) is 35.8 Å². The highest BCUT2D eigenvalue weighted by Gasteiger charge is 2.50. The number of nitrogens with zero attached hydrogens (tertiary/aromatic N) is 1. The molecule has 1 N–H and O–H groups in total. The Kier molecular flexibility index (Phi) is 2.90. The first-order valence-corrected chi connectivity index (χ1v) is 6.86. The fourth-order valence-corrected chi connectivity index (χ4v) is 3.60. The third-order valence-corrected chi connectivity index (χ3v) is 4.51. The van der Waals surface area contributed by atoms with Crippen molar-refractivity contribution in [3.05, 3.63) is 0 Å². The van der Waals surface area contributed by atoms with Crippen molar-refractivity contribution in [1.29, 1.82) is 0 Å². The molecular formula is C13H20N2O2. The van der Waals surface area contributed by atoms with Gasteiger partial charge in [-0.15, -0.1) is 0 Å². The van der Waals surface area contributed by atoms with Crippen molar-refractivity contribution in [2.24, 2.45) is 11.8 Å². The highest BCUT2D eigenvalue weighted by Crippen LogP contribution is 2.39. The van der Waals surface area contributed by atoms with E-state index in [4.69, 9.17) is 0 Å². The lowest BCUT2D eigenvalue weighted by molar-refractivity contribution is -0.143. The molecule has 2 amide bonds. The normalized spacial score (nSPS) is 38.4. The average Bonchev–Trinajstić information content (AvgIpc) is 2.64. The SMILES string of the molecule is O=C1C2CCCCC2C(=O)N1C1CCCNC1. The van der Waals surface area contributed by atoms with Crippen LogP contribution in [0.25, 0.3) is 0 Å². The number of amides is 2. The number of hydrogen-bond acceptors (Lipinski definition) is 3. The standard InChI is InChI=1S/C13H20N2O2/c16-12-10-5-1-2-6-11(10)13(17)15(12)9-4-3-7-14-8-9/h9-11,14H,1-8H2. The molecule has 4 nitrogen and oxygen atoms in total. The molecule has 3 atom stereocenters. The molecule has 2 saturated heterocycles. The quantitative estimate of drug-likeness (QED) is 0.689. The van der Waals surface area contributed by atoms with Crippen molar-refractivity contribution in [3.8, 4) is 0 Å². The Morgan fingerprint density at radius 3 is 2.12 bits per heavy atom. The third-order valence-electron chi connectivity index (χ3n) is 4.51. The van der Waals surface area contributed by atoms with Gasteiger partial charge in [0.1, 0.15) is 0 Å². The maximum atomic E-state index is 12.3. The minimum atomic E-state index is 0.0122. The Morgan fingerprint density at radius 2 is 1.59 bits per heavy atom. The lowest BCUT2D eigenvalue weighted by Gasteiger charge is -2.30.